The first kappa shape index (κ1) is 18.1. The zero-order valence-corrected chi connectivity index (χ0v) is 14.6. The molecule has 0 heterocycles. The van der Waals surface area contributed by atoms with Crippen LogP contribution in [0.4, 0.5) is 0 Å². The van der Waals surface area contributed by atoms with Gasteiger partial charge in [-0.15, -0.1) is 0 Å². The summed E-state index contributed by atoms with van der Waals surface area (Å²) in [5.41, 5.74) is 0.751. The molecule has 0 atom stereocenters. The van der Waals surface area contributed by atoms with Gasteiger partial charge >= 0.3 is 11.9 Å². The summed E-state index contributed by atoms with van der Waals surface area (Å²) in [6.07, 6.45) is 0. The third kappa shape index (κ3) is 3.95. The van der Waals surface area contributed by atoms with Crippen molar-refractivity contribution in [2.45, 2.75) is 6.61 Å². The number of nitrogens with zero attached hydrogens (tertiary/aromatic N) is 1. The molecule has 27 heavy (non-hydrogen) atoms. The van der Waals surface area contributed by atoms with Crippen LogP contribution in [0.3, 0.4) is 0 Å². The number of hydrogen-bond acceptors (Lipinski definition) is 5. The number of aliphatic carboxylic acids is 1. The van der Waals surface area contributed by atoms with Crippen molar-refractivity contribution in [1.29, 1.82) is 0 Å². The lowest BCUT2D eigenvalue weighted by atomic mass is 9.95. The minimum Gasteiger partial charge on any atom is -0.476 e. The number of ether oxygens (including phenoxy) is 1. The minimum absolute atomic E-state index is 0.0791. The molecular weight excluding hydrogens is 346 g/mol. The van der Waals surface area contributed by atoms with Gasteiger partial charge in [0.25, 0.3) is 0 Å². The van der Waals surface area contributed by atoms with E-state index >= 15 is 0 Å². The van der Waals surface area contributed by atoms with E-state index in [1.165, 1.54) is 7.11 Å². The SMILES string of the molecule is CON=C(C(=O)O)c1c(C(=O)OCc2ccccc2)ccc2ccccc12. The monoisotopic (exact) mass is 363 g/mol. The largest absolute Gasteiger partial charge is 0.476 e. The van der Waals surface area contributed by atoms with Gasteiger partial charge in [-0.05, 0) is 22.4 Å². The van der Waals surface area contributed by atoms with Crippen LogP contribution >= 0.6 is 0 Å². The first-order chi connectivity index (χ1) is 13.1. The molecule has 0 amide bonds. The fourth-order valence-electron chi connectivity index (χ4n) is 2.78. The maximum atomic E-state index is 12.7. The van der Waals surface area contributed by atoms with Gasteiger partial charge in [-0.3, -0.25) is 0 Å². The van der Waals surface area contributed by atoms with E-state index in [9.17, 15) is 14.7 Å². The summed E-state index contributed by atoms with van der Waals surface area (Å²) in [7, 11) is 1.25. The van der Waals surface area contributed by atoms with Crippen molar-refractivity contribution in [2.24, 2.45) is 5.16 Å². The van der Waals surface area contributed by atoms with Crippen LogP contribution in [0.1, 0.15) is 21.5 Å². The molecule has 3 aromatic rings. The molecule has 0 saturated heterocycles. The highest BCUT2D eigenvalue weighted by atomic mass is 16.6. The summed E-state index contributed by atoms with van der Waals surface area (Å²) in [4.78, 5) is 29.1. The fraction of sp³-hybridized carbons (Fsp3) is 0.0952. The van der Waals surface area contributed by atoms with E-state index in [1.807, 2.05) is 42.5 Å². The Bertz CT molecular complexity index is 1010. The Kier molecular flexibility index (Phi) is 5.47. The summed E-state index contributed by atoms with van der Waals surface area (Å²) in [6, 6.07) is 19.7. The Morgan fingerprint density at radius 3 is 2.37 bits per heavy atom. The van der Waals surface area contributed by atoms with Gasteiger partial charge in [-0.1, -0.05) is 65.8 Å². The van der Waals surface area contributed by atoms with Gasteiger partial charge in [0, 0.05) is 5.56 Å². The average molecular weight is 363 g/mol. The number of carboxylic acid groups (broad SMARTS) is 1. The van der Waals surface area contributed by atoms with Crippen LogP contribution in [0, 0.1) is 0 Å². The molecule has 0 spiro atoms. The number of rotatable bonds is 6. The van der Waals surface area contributed by atoms with Crippen molar-refractivity contribution in [3.63, 3.8) is 0 Å². The van der Waals surface area contributed by atoms with Crippen LogP contribution in [0.2, 0.25) is 0 Å². The predicted molar refractivity (Wildman–Crippen MR) is 101 cm³/mol. The van der Waals surface area contributed by atoms with Gasteiger partial charge in [0.15, 0.2) is 5.71 Å². The minimum atomic E-state index is -1.30. The van der Waals surface area contributed by atoms with Crippen molar-refractivity contribution in [1.82, 2.24) is 0 Å². The molecule has 0 aliphatic carbocycles. The average Bonchev–Trinajstić information content (AvgIpc) is 2.70. The molecule has 0 radical (unpaired) electrons. The van der Waals surface area contributed by atoms with Gasteiger partial charge < -0.3 is 14.7 Å². The van der Waals surface area contributed by atoms with Crippen LogP contribution in [-0.4, -0.2) is 29.9 Å². The number of carbonyl (C=O) groups excluding carboxylic acids is 1. The van der Waals surface area contributed by atoms with Gasteiger partial charge in [0.1, 0.15) is 13.7 Å². The highest BCUT2D eigenvalue weighted by Crippen LogP contribution is 2.25. The second-order valence-electron chi connectivity index (χ2n) is 5.70. The Hall–Kier alpha value is -3.67. The van der Waals surface area contributed by atoms with Gasteiger partial charge in [0.2, 0.25) is 0 Å². The Morgan fingerprint density at radius 2 is 1.67 bits per heavy atom. The Morgan fingerprint density at radius 1 is 0.963 bits per heavy atom. The van der Waals surface area contributed by atoms with E-state index in [-0.39, 0.29) is 23.4 Å². The molecular formula is C21H17NO5. The standard InChI is InChI=1S/C21H17NO5/c1-26-22-19(20(23)24)18-16-10-6-5-9-15(16)11-12-17(18)21(25)27-13-14-7-3-2-4-8-14/h2-12H,13H2,1H3,(H,23,24). The molecule has 3 rings (SSSR count). The third-order valence-electron chi connectivity index (χ3n) is 3.98. The maximum absolute atomic E-state index is 12.7. The molecule has 1 N–H and O–H groups in total. The molecule has 136 valence electrons. The van der Waals surface area contributed by atoms with Crippen LogP contribution in [0.15, 0.2) is 71.9 Å². The smallest absolute Gasteiger partial charge is 0.358 e. The lowest BCUT2D eigenvalue weighted by molar-refractivity contribution is -0.129. The zero-order chi connectivity index (χ0) is 19.2. The lowest BCUT2D eigenvalue weighted by Gasteiger charge is -2.12. The second kappa shape index (κ2) is 8.14. The Balaban J connectivity index is 2.06. The van der Waals surface area contributed by atoms with Gasteiger partial charge in [0.05, 0.1) is 5.56 Å². The van der Waals surface area contributed by atoms with Crippen LogP contribution in [-0.2, 0) is 21.0 Å². The van der Waals surface area contributed by atoms with E-state index in [4.69, 9.17) is 4.74 Å². The molecule has 0 unspecified atom stereocenters. The van der Waals surface area contributed by atoms with Crippen molar-refractivity contribution in [3.8, 4) is 0 Å². The topological polar surface area (TPSA) is 85.2 Å². The summed E-state index contributed by atoms with van der Waals surface area (Å²) >= 11 is 0. The molecule has 0 saturated carbocycles. The normalized spacial score (nSPS) is 11.2. The number of carboxylic acids is 1. The molecule has 0 bridgehead atoms. The number of hydrogen-bond donors (Lipinski definition) is 1. The molecule has 6 heteroatoms. The number of benzene rings is 3. The number of oxime groups is 1. The van der Waals surface area contributed by atoms with Crippen molar-refractivity contribution in [3.05, 3.63) is 83.4 Å². The fourth-order valence-corrected chi connectivity index (χ4v) is 2.78. The van der Waals surface area contributed by atoms with E-state index in [0.717, 1.165) is 10.9 Å². The molecule has 6 nitrogen and oxygen atoms in total. The highest BCUT2D eigenvalue weighted by Gasteiger charge is 2.25. The van der Waals surface area contributed by atoms with Crippen molar-refractivity contribution in [2.75, 3.05) is 7.11 Å². The molecule has 0 aliphatic rings. The third-order valence-corrected chi connectivity index (χ3v) is 3.98. The van der Waals surface area contributed by atoms with Crippen molar-refractivity contribution < 1.29 is 24.3 Å². The second-order valence-corrected chi connectivity index (χ2v) is 5.70. The van der Waals surface area contributed by atoms with Crippen LogP contribution in [0.5, 0.6) is 0 Å². The summed E-state index contributed by atoms with van der Waals surface area (Å²) < 4.78 is 5.38. The number of esters is 1. The predicted octanol–water partition coefficient (Wildman–Crippen LogP) is 3.63. The molecule has 3 aromatic carbocycles. The summed E-state index contributed by atoms with van der Waals surface area (Å²) in [6.45, 7) is 0.0791. The van der Waals surface area contributed by atoms with E-state index in [2.05, 4.69) is 9.99 Å². The summed E-state index contributed by atoms with van der Waals surface area (Å²) in [5, 5.41) is 14.5. The highest BCUT2D eigenvalue weighted by molar-refractivity contribution is 6.46. The molecule has 0 fully saturated rings. The maximum Gasteiger partial charge on any atom is 0.358 e. The van der Waals surface area contributed by atoms with E-state index < -0.39 is 11.9 Å². The number of fused-ring (bicyclic) bond motifs is 1. The quantitative estimate of drug-likeness (QED) is 0.411. The summed E-state index contributed by atoms with van der Waals surface area (Å²) in [5.74, 6) is -1.94. The molecule has 0 aliphatic heterocycles. The van der Waals surface area contributed by atoms with Crippen LogP contribution in [0.25, 0.3) is 10.8 Å². The Labute approximate surface area is 155 Å². The van der Waals surface area contributed by atoms with Gasteiger partial charge in [-0.2, -0.15) is 0 Å². The molecule has 0 aromatic heterocycles. The van der Waals surface area contributed by atoms with Crippen LogP contribution < -0.4 is 0 Å². The van der Waals surface area contributed by atoms with E-state index in [0.29, 0.717) is 5.39 Å². The van der Waals surface area contributed by atoms with Gasteiger partial charge in [-0.25, -0.2) is 9.59 Å². The van der Waals surface area contributed by atoms with E-state index in [1.54, 1.807) is 24.3 Å². The number of carbonyl (C=O) groups is 2. The zero-order valence-electron chi connectivity index (χ0n) is 14.6. The first-order valence-corrected chi connectivity index (χ1v) is 8.19. The first-order valence-electron chi connectivity index (χ1n) is 8.19. The lowest BCUT2D eigenvalue weighted by Crippen LogP contribution is -2.20. The van der Waals surface area contributed by atoms with Crippen molar-refractivity contribution >= 4 is 28.4 Å².